The van der Waals surface area contributed by atoms with Crippen LogP contribution in [0.4, 0.5) is 0 Å². The van der Waals surface area contributed by atoms with Crippen molar-refractivity contribution in [2.45, 2.75) is 31.3 Å². The standard InChI is InChI=1S/C25H28N4O3S/c26-25(27)28-15-7-14-21(24(31)32)29(17-20-13-8-16-33-20)23(30)22(18-9-3-1-4-10-18)19-11-5-2-6-12-19/h1-6,8-13,16,21-22H,7,14-15,17H2,(H,31,32)(H4,26,27,28)/t21-/m1/s1. The third kappa shape index (κ3) is 6.66. The Morgan fingerprint density at radius 1 is 0.939 bits per heavy atom. The highest BCUT2D eigenvalue weighted by Crippen LogP contribution is 2.30. The number of nitrogens with two attached hydrogens (primary N) is 2. The Bertz CT molecular complexity index is 1010. The predicted molar refractivity (Wildman–Crippen MR) is 131 cm³/mol. The molecule has 0 fully saturated rings. The van der Waals surface area contributed by atoms with E-state index in [4.69, 9.17) is 11.5 Å². The van der Waals surface area contributed by atoms with Gasteiger partial charge in [-0.2, -0.15) is 0 Å². The number of benzene rings is 2. The molecule has 2 aromatic carbocycles. The van der Waals surface area contributed by atoms with E-state index in [0.717, 1.165) is 16.0 Å². The first-order valence-electron chi connectivity index (χ1n) is 10.7. The fourth-order valence-corrected chi connectivity index (χ4v) is 4.45. The lowest BCUT2D eigenvalue weighted by Gasteiger charge is -2.32. The third-order valence-electron chi connectivity index (χ3n) is 5.29. The summed E-state index contributed by atoms with van der Waals surface area (Å²) in [5.74, 6) is -1.96. The van der Waals surface area contributed by atoms with Crippen LogP contribution < -0.4 is 11.5 Å². The summed E-state index contributed by atoms with van der Waals surface area (Å²) < 4.78 is 0. The minimum Gasteiger partial charge on any atom is -0.480 e. The summed E-state index contributed by atoms with van der Waals surface area (Å²) in [6.45, 7) is 0.514. The van der Waals surface area contributed by atoms with Crippen LogP contribution >= 0.6 is 11.3 Å². The third-order valence-corrected chi connectivity index (χ3v) is 6.15. The highest BCUT2D eigenvalue weighted by atomic mass is 32.1. The van der Waals surface area contributed by atoms with E-state index < -0.39 is 17.9 Å². The summed E-state index contributed by atoms with van der Waals surface area (Å²) in [5, 5.41) is 12.0. The number of aliphatic carboxylic acids is 1. The number of carbonyl (C=O) groups excluding carboxylic acids is 1. The molecular weight excluding hydrogens is 436 g/mol. The van der Waals surface area contributed by atoms with Crippen molar-refractivity contribution in [2.24, 2.45) is 16.5 Å². The van der Waals surface area contributed by atoms with Gasteiger partial charge in [0.15, 0.2) is 5.96 Å². The average Bonchev–Trinajstić information content (AvgIpc) is 3.32. The van der Waals surface area contributed by atoms with Gasteiger partial charge in [0.05, 0.1) is 12.5 Å². The Balaban J connectivity index is 1.98. The number of carbonyl (C=O) groups is 2. The van der Waals surface area contributed by atoms with Crippen molar-refractivity contribution in [1.82, 2.24) is 4.90 Å². The van der Waals surface area contributed by atoms with E-state index in [2.05, 4.69) is 4.99 Å². The second-order valence-corrected chi connectivity index (χ2v) is 8.63. The molecule has 7 nitrogen and oxygen atoms in total. The number of carboxylic acid groups (broad SMARTS) is 1. The molecule has 0 bridgehead atoms. The van der Waals surface area contributed by atoms with Gasteiger partial charge in [0.2, 0.25) is 5.91 Å². The quantitative estimate of drug-likeness (QED) is 0.228. The fourth-order valence-electron chi connectivity index (χ4n) is 3.75. The molecule has 5 N–H and O–H groups in total. The zero-order valence-corrected chi connectivity index (χ0v) is 19.0. The molecule has 0 unspecified atom stereocenters. The summed E-state index contributed by atoms with van der Waals surface area (Å²) in [6.07, 6.45) is 0.671. The molecule has 33 heavy (non-hydrogen) atoms. The number of guanidine groups is 1. The van der Waals surface area contributed by atoms with Gasteiger partial charge in [0.25, 0.3) is 0 Å². The molecule has 3 aromatic rings. The average molecular weight is 465 g/mol. The molecule has 1 amide bonds. The van der Waals surface area contributed by atoms with Gasteiger partial charge in [-0.25, -0.2) is 4.79 Å². The molecule has 8 heteroatoms. The first-order chi connectivity index (χ1) is 16.0. The van der Waals surface area contributed by atoms with Crippen LogP contribution in [0.3, 0.4) is 0 Å². The number of hydrogen-bond donors (Lipinski definition) is 3. The maximum absolute atomic E-state index is 14.1. The van der Waals surface area contributed by atoms with Crippen molar-refractivity contribution in [3.8, 4) is 0 Å². The van der Waals surface area contributed by atoms with E-state index >= 15 is 0 Å². The highest BCUT2D eigenvalue weighted by Gasteiger charge is 2.35. The largest absolute Gasteiger partial charge is 0.480 e. The van der Waals surface area contributed by atoms with Gasteiger partial charge in [-0.3, -0.25) is 9.79 Å². The minimum atomic E-state index is -1.05. The van der Waals surface area contributed by atoms with E-state index in [1.165, 1.54) is 16.2 Å². The van der Waals surface area contributed by atoms with Crippen molar-refractivity contribution >= 4 is 29.2 Å². The van der Waals surface area contributed by atoms with E-state index in [1.807, 2.05) is 78.2 Å². The van der Waals surface area contributed by atoms with Gasteiger partial charge in [-0.05, 0) is 35.4 Å². The lowest BCUT2D eigenvalue weighted by atomic mass is 9.89. The van der Waals surface area contributed by atoms with Crippen LogP contribution in [0.25, 0.3) is 0 Å². The van der Waals surface area contributed by atoms with Gasteiger partial charge in [0.1, 0.15) is 6.04 Å². The SMILES string of the molecule is NC(N)=NCCC[C@H](C(=O)O)N(Cc1cccs1)C(=O)C(c1ccccc1)c1ccccc1. The molecule has 0 aliphatic rings. The maximum atomic E-state index is 14.1. The number of aliphatic imine (C=N–C) groups is 1. The first-order valence-corrected chi connectivity index (χ1v) is 11.6. The summed E-state index contributed by atoms with van der Waals surface area (Å²) in [4.78, 5) is 32.7. The fraction of sp³-hybridized carbons (Fsp3) is 0.240. The lowest BCUT2D eigenvalue weighted by molar-refractivity contribution is -0.151. The molecule has 1 atom stereocenters. The lowest BCUT2D eigenvalue weighted by Crippen LogP contribution is -2.46. The van der Waals surface area contributed by atoms with Crippen LogP contribution in [0.1, 0.15) is 34.8 Å². The maximum Gasteiger partial charge on any atom is 0.326 e. The Hall–Kier alpha value is -3.65. The van der Waals surface area contributed by atoms with Gasteiger partial charge in [0, 0.05) is 11.4 Å². The van der Waals surface area contributed by atoms with Crippen LogP contribution in [-0.2, 0) is 16.1 Å². The Morgan fingerprint density at radius 3 is 2.03 bits per heavy atom. The predicted octanol–water partition coefficient (Wildman–Crippen LogP) is 3.42. The van der Waals surface area contributed by atoms with E-state index in [0.29, 0.717) is 13.0 Å². The molecule has 0 saturated heterocycles. The van der Waals surface area contributed by atoms with Gasteiger partial charge < -0.3 is 21.5 Å². The zero-order valence-electron chi connectivity index (χ0n) is 18.2. The summed E-state index contributed by atoms with van der Waals surface area (Å²) in [6, 6.07) is 21.7. The van der Waals surface area contributed by atoms with E-state index in [1.54, 1.807) is 0 Å². The van der Waals surface area contributed by atoms with Crippen LogP contribution in [0.15, 0.2) is 83.2 Å². The van der Waals surface area contributed by atoms with Crippen LogP contribution in [0.2, 0.25) is 0 Å². The van der Waals surface area contributed by atoms with Gasteiger partial charge >= 0.3 is 5.97 Å². The zero-order chi connectivity index (χ0) is 23.6. The van der Waals surface area contributed by atoms with Crippen molar-refractivity contribution in [3.05, 3.63) is 94.2 Å². The number of thiophene rings is 1. The van der Waals surface area contributed by atoms with Gasteiger partial charge in [-0.15, -0.1) is 11.3 Å². The normalized spacial score (nSPS) is 11.7. The molecule has 172 valence electrons. The molecule has 3 rings (SSSR count). The molecule has 1 aromatic heterocycles. The molecule has 0 aliphatic heterocycles. The first kappa shape index (κ1) is 24.0. The molecule has 0 spiro atoms. The summed E-state index contributed by atoms with van der Waals surface area (Å²) >= 11 is 1.49. The molecule has 0 saturated carbocycles. The van der Waals surface area contributed by atoms with Crippen LogP contribution in [-0.4, -0.2) is 40.4 Å². The number of amides is 1. The smallest absolute Gasteiger partial charge is 0.326 e. The topological polar surface area (TPSA) is 122 Å². The van der Waals surface area contributed by atoms with Crippen molar-refractivity contribution < 1.29 is 14.7 Å². The second-order valence-electron chi connectivity index (χ2n) is 7.60. The summed E-state index contributed by atoms with van der Waals surface area (Å²) in [7, 11) is 0. The minimum absolute atomic E-state index is 0.0402. The number of hydrogen-bond acceptors (Lipinski definition) is 4. The van der Waals surface area contributed by atoms with Crippen molar-refractivity contribution in [3.63, 3.8) is 0 Å². The van der Waals surface area contributed by atoms with Crippen LogP contribution in [0, 0.1) is 0 Å². The number of nitrogens with zero attached hydrogens (tertiary/aromatic N) is 2. The van der Waals surface area contributed by atoms with Crippen molar-refractivity contribution in [1.29, 1.82) is 0 Å². The Morgan fingerprint density at radius 2 is 1.55 bits per heavy atom. The van der Waals surface area contributed by atoms with E-state index in [9.17, 15) is 14.7 Å². The Kier molecular flexibility index (Phi) is 8.60. The van der Waals surface area contributed by atoms with Crippen molar-refractivity contribution in [2.75, 3.05) is 6.54 Å². The number of carboxylic acids is 1. The second kappa shape index (κ2) is 11.8. The summed E-state index contributed by atoms with van der Waals surface area (Å²) in [5.41, 5.74) is 12.4. The highest BCUT2D eigenvalue weighted by molar-refractivity contribution is 7.09. The number of rotatable bonds is 11. The Labute approximate surface area is 197 Å². The van der Waals surface area contributed by atoms with E-state index in [-0.39, 0.29) is 24.8 Å². The molecule has 1 heterocycles. The molecular formula is C25H28N4O3S. The van der Waals surface area contributed by atoms with Crippen LogP contribution in [0.5, 0.6) is 0 Å². The molecule has 0 radical (unpaired) electrons. The molecule has 0 aliphatic carbocycles. The van der Waals surface area contributed by atoms with Gasteiger partial charge in [-0.1, -0.05) is 66.7 Å². The monoisotopic (exact) mass is 464 g/mol.